The van der Waals surface area contributed by atoms with Crippen LogP contribution in [0.3, 0.4) is 0 Å². The Morgan fingerprint density at radius 3 is 2.70 bits per heavy atom. The van der Waals surface area contributed by atoms with Gasteiger partial charge in [-0.15, -0.1) is 0 Å². The maximum atomic E-state index is 5.82. The van der Waals surface area contributed by atoms with E-state index in [-0.39, 0.29) is 0 Å². The molecule has 1 saturated carbocycles. The molecule has 126 valence electrons. The van der Waals surface area contributed by atoms with Gasteiger partial charge in [0.05, 0.1) is 12.4 Å². The van der Waals surface area contributed by atoms with Crippen molar-refractivity contribution in [2.24, 2.45) is 28.6 Å². The van der Waals surface area contributed by atoms with Crippen molar-refractivity contribution in [1.82, 2.24) is 0 Å². The molecule has 0 aromatic carbocycles. The zero-order valence-electron chi connectivity index (χ0n) is 15.3. The van der Waals surface area contributed by atoms with Gasteiger partial charge in [-0.25, -0.2) is 0 Å². The van der Waals surface area contributed by atoms with Gasteiger partial charge in [0.2, 0.25) is 0 Å². The molecule has 4 aliphatic carbocycles. The summed E-state index contributed by atoms with van der Waals surface area (Å²) in [5.74, 6) is 3.86. The number of hydrogen-bond acceptors (Lipinski definition) is 1. The third-order valence-corrected chi connectivity index (χ3v) is 8.03. The standard InChI is InChI=1S/C22H32O/c1-5-23-17-10-12-22(4)16(14-17)7-8-18-19-9-6-15(2)21(19,3)13-11-20(18)22/h6-7,14,18-20H,5,8-13H2,1-4H3/t18-,19-,20-,21+,22-/m0/s1. The van der Waals surface area contributed by atoms with Gasteiger partial charge in [0.1, 0.15) is 0 Å². The Morgan fingerprint density at radius 1 is 1.09 bits per heavy atom. The lowest BCUT2D eigenvalue weighted by molar-refractivity contribution is -0.0120. The van der Waals surface area contributed by atoms with Crippen molar-refractivity contribution in [1.29, 1.82) is 0 Å². The molecule has 0 amide bonds. The molecule has 1 nitrogen and oxygen atoms in total. The summed E-state index contributed by atoms with van der Waals surface area (Å²) < 4.78 is 5.82. The Bertz CT molecular complexity index is 595. The topological polar surface area (TPSA) is 9.23 Å². The van der Waals surface area contributed by atoms with Crippen LogP contribution in [0.4, 0.5) is 0 Å². The molecule has 0 bridgehead atoms. The maximum absolute atomic E-state index is 5.82. The van der Waals surface area contributed by atoms with Crippen LogP contribution < -0.4 is 0 Å². The molecule has 0 N–H and O–H groups in total. The summed E-state index contributed by atoms with van der Waals surface area (Å²) in [7, 11) is 0. The first-order chi connectivity index (χ1) is 11.0. The van der Waals surface area contributed by atoms with E-state index >= 15 is 0 Å². The molecule has 0 saturated heterocycles. The normalized spacial score (nSPS) is 45.2. The maximum Gasteiger partial charge on any atom is 0.0962 e. The summed E-state index contributed by atoms with van der Waals surface area (Å²) in [5.41, 5.74) is 4.13. The van der Waals surface area contributed by atoms with Crippen LogP contribution in [0.1, 0.15) is 66.2 Å². The van der Waals surface area contributed by atoms with Crippen LogP contribution in [0.25, 0.3) is 0 Å². The Morgan fingerprint density at radius 2 is 1.91 bits per heavy atom. The molecule has 0 aromatic heterocycles. The van der Waals surface area contributed by atoms with Gasteiger partial charge in [0, 0.05) is 6.42 Å². The van der Waals surface area contributed by atoms with Crippen molar-refractivity contribution < 1.29 is 4.74 Å². The molecule has 0 aromatic rings. The number of rotatable bonds is 2. The Labute approximate surface area is 141 Å². The van der Waals surface area contributed by atoms with Crippen molar-refractivity contribution in [3.05, 3.63) is 35.1 Å². The highest BCUT2D eigenvalue weighted by atomic mass is 16.5. The minimum absolute atomic E-state index is 0.390. The minimum atomic E-state index is 0.390. The van der Waals surface area contributed by atoms with Crippen molar-refractivity contribution in [3.8, 4) is 0 Å². The molecule has 0 heterocycles. The quantitative estimate of drug-likeness (QED) is 0.565. The van der Waals surface area contributed by atoms with E-state index in [1.54, 1.807) is 11.1 Å². The van der Waals surface area contributed by atoms with Crippen LogP contribution in [-0.2, 0) is 4.74 Å². The van der Waals surface area contributed by atoms with Gasteiger partial charge in [0.15, 0.2) is 0 Å². The molecule has 4 rings (SSSR count). The molecule has 23 heavy (non-hydrogen) atoms. The zero-order valence-corrected chi connectivity index (χ0v) is 15.3. The van der Waals surface area contributed by atoms with Crippen molar-refractivity contribution in [2.75, 3.05) is 6.61 Å². The van der Waals surface area contributed by atoms with E-state index in [0.717, 1.165) is 30.8 Å². The summed E-state index contributed by atoms with van der Waals surface area (Å²) in [6, 6.07) is 0. The number of ether oxygens (including phenoxy) is 1. The smallest absolute Gasteiger partial charge is 0.0962 e. The number of allylic oxidation sites excluding steroid dienone is 6. The van der Waals surface area contributed by atoms with Crippen LogP contribution >= 0.6 is 0 Å². The van der Waals surface area contributed by atoms with E-state index in [9.17, 15) is 0 Å². The highest BCUT2D eigenvalue weighted by molar-refractivity contribution is 5.36. The first-order valence-electron chi connectivity index (χ1n) is 9.70. The van der Waals surface area contributed by atoms with Gasteiger partial charge in [-0.1, -0.05) is 31.6 Å². The van der Waals surface area contributed by atoms with Gasteiger partial charge in [-0.3, -0.25) is 0 Å². The number of fused-ring (bicyclic) bond motifs is 5. The fourth-order valence-electron chi connectivity index (χ4n) is 6.38. The monoisotopic (exact) mass is 312 g/mol. The van der Waals surface area contributed by atoms with Crippen molar-refractivity contribution in [3.63, 3.8) is 0 Å². The molecule has 0 radical (unpaired) electrons. The van der Waals surface area contributed by atoms with Gasteiger partial charge >= 0.3 is 0 Å². The molecule has 0 spiro atoms. The Balaban J connectivity index is 1.66. The average molecular weight is 312 g/mol. The lowest BCUT2D eigenvalue weighted by Crippen LogP contribution is -2.48. The molecule has 4 aliphatic rings. The van der Waals surface area contributed by atoms with Gasteiger partial charge in [-0.2, -0.15) is 0 Å². The second kappa shape index (κ2) is 5.26. The largest absolute Gasteiger partial charge is 0.498 e. The molecule has 0 aliphatic heterocycles. The van der Waals surface area contributed by atoms with E-state index in [1.807, 2.05) is 0 Å². The molecule has 1 fully saturated rings. The van der Waals surface area contributed by atoms with E-state index < -0.39 is 0 Å². The van der Waals surface area contributed by atoms with Crippen molar-refractivity contribution in [2.45, 2.75) is 66.2 Å². The van der Waals surface area contributed by atoms with E-state index in [1.165, 1.54) is 37.9 Å². The van der Waals surface area contributed by atoms with Crippen molar-refractivity contribution >= 4 is 0 Å². The van der Waals surface area contributed by atoms with Crippen LogP contribution in [0.2, 0.25) is 0 Å². The SMILES string of the molecule is CCOC1=CC2=CC[C@@H]3[C@H](CC[C@]4(C)C(C)=CC[C@@H]34)[C@@]2(C)CC1. The Hall–Kier alpha value is -0.980. The van der Waals surface area contributed by atoms with E-state index in [0.29, 0.717) is 10.8 Å². The van der Waals surface area contributed by atoms with Gasteiger partial charge in [0.25, 0.3) is 0 Å². The first kappa shape index (κ1) is 15.5. The summed E-state index contributed by atoms with van der Waals surface area (Å²) >= 11 is 0. The van der Waals surface area contributed by atoms with Gasteiger partial charge in [-0.05, 0) is 86.2 Å². The molecule has 0 unspecified atom stereocenters. The summed E-state index contributed by atoms with van der Waals surface area (Å²) in [4.78, 5) is 0. The molecular formula is C22H32O. The fourth-order valence-corrected chi connectivity index (χ4v) is 6.38. The highest BCUT2D eigenvalue weighted by Gasteiger charge is 2.55. The third kappa shape index (κ3) is 2.11. The second-order valence-electron chi connectivity index (χ2n) is 8.81. The first-order valence-corrected chi connectivity index (χ1v) is 9.70. The molecular weight excluding hydrogens is 280 g/mol. The molecule has 5 atom stereocenters. The summed E-state index contributed by atoms with van der Waals surface area (Å²) in [5, 5.41) is 0. The summed E-state index contributed by atoms with van der Waals surface area (Å²) in [6.07, 6.45) is 15.3. The van der Waals surface area contributed by atoms with Crippen LogP contribution in [-0.4, -0.2) is 6.61 Å². The van der Waals surface area contributed by atoms with Crippen LogP contribution in [0, 0.1) is 28.6 Å². The highest BCUT2D eigenvalue weighted by Crippen LogP contribution is 2.64. The fraction of sp³-hybridized carbons (Fsp3) is 0.727. The average Bonchev–Trinajstić information content (AvgIpc) is 2.84. The lowest BCUT2D eigenvalue weighted by Gasteiger charge is -2.56. The second-order valence-corrected chi connectivity index (χ2v) is 8.81. The van der Waals surface area contributed by atoms with Crippen LogP contribution in [0.15, 0.2) is 35.1 Å². The van der Waals surface area contributed by atoms with Crippen LogP contribution in [0.5, 0.6) is 0 Å². The Kier molecular flexibility index (Phi) is 3.55. The predicted octanol–water partition coefficient (Wildman–Crippen LogP) is 6.04. The minimum Gasteiger partial charge on any atom is -0.498 e. The van der Waals surface area contributed by atoms with Gasteiger partial charge < -0.3 is 4.74 Å². The number of hydrogen-bond donors (Lipinski definition) is 0. The lowest BCUT2D eigenvalue weighted by atomic mass is 9.48. The zero-order chi connectivity index (χ0) is 16.2. The van der Waals surface area contributed by atoms with E-state index in [2.05, 4.69) is 45.9 Å². The van der Waals surface area contributed by atoms with E-state index in [4.69, 9.17) is 4.74 Å². The molecule has 1 heteroatoms. The predicted molar refractivity (Wildman–Crippen MR) is 95.9 cm³/mol. The third-order valence-electron chi connectivity index (χ3n) is 8.03. The summed E-state index contributed by atoms with van der Waals surface area (Å²) in [6.45, 7) is 10.4.